The van der Waals surface area contributed by atoms with Gasteiger partial charge in [0.2, 0.25) is 0 Å². The first kappa shape index (κ1) is 15.1. The first-order chi connectivity index (χ1) is 8.75. The monoisotopic (exact) mass is 273 g/mol. The zero-order valence-corrected chi connectivity index (χ0v) is 10.8. The fourth-order valence-corrected chi connectivity index (χ4v) is 0.973. The molecular formula is C11H14F3N5. The van der Waals surface area contributed by atoms with Crippen molar-refractivity contribution < 1.29 is 13.2 Å². The van der Waals surface area contributed by atoms with Crippen molar-refractivity contribution in [2.75, 3.05) is 0 Å². The smallest absolute Gasteiger partial charge is 0.228 e. The van der Waals surface area contributed by atoms with Crippen molar-refractivity contribution in [1.82, 2.24) is 15.0 Å². The first-order valence-electron chi connectivity index (χ1n) is 5.46. The van der Waals surface area contributed by atoms with Gasteiger partial charge in [0.1, 0.15) is 0 Å². The number of nitrogens with zero attached hydrogens (tertiary/aromatic N) is 5. The molecule has 104 valence electrons. The lowest BCUT2D eigenvalue weighted by Gasteiger charge is -2.02. The highest BCUT2D eigenvalue weighted by atomic mass is 19.4. The molecule has 0 saturated heterocycles. The van der Waals surface area contributed by atoms with E-state index in [-0.39, 0.29) is 11.9 Å². The maximum absolute atomic E-state index is 12.4. The van der Waals surface area contributed by atoms with Crippen LogP contribution in [0.15, 0.2) is 28.0 Å². The predicted octanol–water partition coefficient (Wildman–Crippen LogP) is 2.76. The predicted molar refractivity (Wildman–Crippen MR) is 66.0 cm³/mol. The molecule has 8 heteroatoms. The van der Waals surface area contributed by atoms with Crippen molar-refractivity contribution in [2.24, 2.45) is 15.9 Å². The molecule has 1 aromatic heterocycles. The zero-order chi connectivity index (χ0) is 14.6. The maximum atomic E-state index is 12.4. The normalized spacial score (nSPS) is 14.1. The Morgan fingerprint density at radius 3 is 2.53 bits per heavy atom. The Hall–Kier alpha value is -1.99. The molecule has 1 rings (SSSR count). The third kappa shape index (κ3) is 4.01. The first-order valence-corrected chi connectivity index (χ1v) is 5.46. The highest BCUT2D eigenvalue weighted by Gasteiger charge is 2.34. The summed E-state index contributed by atoms with van der Waals surface area (Å²) in [5, 5.41) is 6.35. The molecule has 0 radical (unpaired) electrons. The van der Waals surface area contributed by atoms with E-state index < -0.39 is 11.9 Å². The molecule has 0 spiro atoms. The third-order valence-corrected chi connectivity index (χ3v) is 2.42. The highest BCUT2D eigenvalue weighted by Crippen LogP contribution is 2.26. The molecule has 19 heavy (non-hydrogen) atoms. The van der Waals surface area contributed by atoms with Crippen LogP contribution >= 0.6 is 0 Å². The SMILES string of the molecule is C=N/C(=N\C=C(/C)C(C)C)n1cc(C(F)(F)F)nn1. The summed E-state index contributed by atoms with van der Waals surface area (Å²) in [5.74, 6) is 0.208. The van der Waals surface area contributed by atoms with Crippen LogP contribution in [0.4, 0.5) is 13.2 Å². The molecule has 0 aliphatic carbocycles. The average molecular weight is 273 g/mol. The van der Waals surface area contributed by atoms with Crippen LogP contribution < -0.4 is 0 Å². The Morgan fingerprint density at radius 2 is 2.11 bits per heavy atom. The lowest BCUT2D eigenvalue weighted by Crippen LogP contribution is -2.10. The van der Waals surface area contributed by atoms with E-state index in [1.807, 2.05) is 20.8 Å². The minimum Gasteiger partial charge on any atom is -0.228 e. The van der Waals surface area contributed by atoms with Crippen molar-refractivity contribution >= 4 is 12.7 Å². The lowest BCUT2D eigenvalue weighted by atomic mass is 10.1. The van der Waals surface area contributed by atoms with Gasteiger partial charge in [0.15, 0.2) is 5.69 Å². The van der Waals surface area contributed by atoms with Crippen molar-refractivity contribution in [3.63, 3.8) is 0 Å². The Kier molecular flexibility index (Phi) is 4.57. The summed E-state index contributed by atoms with van der Waals surface area (Å²) in [7, 11) is 0. The summed E-state index contributed by atoms with van der Waals surface area (Å²) < 4.78 is 38.0. The Morgan fingerprint density at radius 1 is 1.47 bits per heavy atom. The molecule has 0 bridgehead atoms. The quantitative estimate of drug-likeness (QED) is 0.614. The number of aromatic nitrogens is 3. The van der Waals surface area contributed by atoms with Crippen LogP contribution in [0.5, 0.6) is 0 Å². The van der Waals surface area contributed by atoms with Crippen molar-refractivity contribution in [3.8, 4) is 0 Å². The van der Waals surface area contributed by atoms with Crippen LogP contribution in [0.3, 0.4) is 0 Å². The van der Waals surface area contributed by atoms with Gasteiger partial charge in [0.05, 0.1) is 6.20 Å². The van der Waals surface area contributed by atoms with Gasteiger partial charge in [-0.2, -0.15) is 17.9 Å². The van der Waals surface area contributed by atoms with Crippen LogP contribution in [0.2, 0.25) is 0 Å². The third-order valence-electron chi connectivity index (χ3n) is 2.42. The second-order valence-electron chi connectivity index (χ2n) is 4.16. The summed E-state index contributed by atoms with van der Waals surface area (Å²) in [6.07, 6.45) is -2.32. The number of hydrogen-bond acceptors (Lipinski definition) is 3. The van der Waals surface area contributed by atoms with Crippen molar-refractivity contribution in [2.45, 2.75) is 26.9 Å². The van der Waals surface area contributed by atoms with Gasteiger partial charge in [-0.1, -0.05) is 24.6 Å². The summed E-state index contributed by atoms with van der Waals surface area (Å²) in [6.45, 7) is 9.05. The van der Waals surface area contributed by atoms with E-state index in [1.54, 1.807) is 0 Å². The molecule has 0 fully saturated rings. The second kappa shape index (κ2) is 5.77. The van der Waals surface area contributed by atoms with E-state index >= 15 is 0 Å². The molecule has 1 aromatic rings. The molecule has 5 nitrogen and oxygen atoms in total. The topological polar surface area (TPSA) is 55.4 Å². The molecular weight excluding hydrogens is 259 g/mol. The minimum atomic E-state index is -4.55. The van der Waals surface area contributed by atoms with Gasteiger partial charge < -0.3 is 0 Å². The zero-order valence-electron chi connectivity index (χ0n) is 10.8. The molecule has 1 heterocycles. The van der Waals surface area contributed by atoms with E-state index in [9.17, 15) is 13.2 Å². The number of rotatable bonds is 2. The summed E-state index contributed by atoms with van der Waals surface area (Å²) >= 11 is 0. The molecule has 0 aromatic carbocycles. The van der Waals surface area contributed by atoms with Crippen LogP contribution in [-0.4, -0.2) is 27.7 Å². The minimum absolute atomic E-state index is 0.0667. The van der Waals surface area contributed by atoms with Crippen LogP contribution in [0.1, 0.15) is 26.5 Å². The van der Waals surface area contributed by atoms with Crippen LogP contribution in [0, 0.1) is 5.92 Å². The fraction of sp³-hybridized carbons (Fsp3) is 0.455. The van der Waals surface area contributed by atoms with E-state index in [1.165, 1.54) is 6.20 Å². The highest BCUT2D eigenvalue weighted by molar-refractivity contribution is 5.85. The summed E-state index contributed by atoms with van der Waals surface area (Å²) in [5.41, 5.74) is -0.147. The molecule has 0 N–H and O–H groups in total. The van der Waals surface area contributed by atoms with Gasteiger partial charge in [-0.05, 0) is 19.6 Å². The molecule has 0 aliphatic rings. The standard InChI is InChI=1S/C11H14F3N5/c1-7(2)8(3)5-16-10(15-4)19-6-9(17-18-19)11(12,13)14/h5-7H,4H2,1-3H3/b8-5+,16-10+. The van der Waals surface area contributed by atoms with Gasteiger partial charge in [-0.15, -0.1) is 5.10 Å². The largest absolute Gasteiger partial charge is 0.436 e. The second-order valence-corrected chi connectivity index (χ2v) is 4.16. The Balaban J connectivity index is 3.05. The average Bonchev–Trinajstić information content (AvgIpc) is 2.78. The molecule has 0 amide bonds. The van der Waals surface area contributed by atoms with E-state index in [2.05, 4.69) is 27.0 Å². The van der Waals surface area contributed by atoms with Crippen LogP contribution in [-0.2, 0) is 6.18 Å². The fourth-order valence-electron chi connectivity index (χ4n) is 0.973. The molecule has 0 atom stereocenters. The molecule has 0 unspecified atom stereocenters. The molecule has 0 saturated carbocycles. The van der Waals surface area contributed by atoms with Crippen molar-refractivity contribution in [3.05, 3.63) is 23.7 Å². The van der Waals surface area contributed by atoms with Gasteiger partial charge in [0, 0.05) is 6.20 Å². The van der Waals surface area contributed by atoms with Crippen molar-refractivity contribution in [1.29, 1.82) is 0 Å². The summed E-state index contributed by atoms with van der Waals surface area (Å²) in [4.78, 5) is 7.48. The maximum Gasteiger partial charge on any atom is 0.436 e. The van der Waals surface area contributed by atoms with Gasteiger partial charge in [-0.3, -0.25) is 0 Å². The lowest BCUT2D eigenvalue weighted by molar-refractivity contribution is -0.141. The number of aliphatic imine (C=N–C) groups is 2. The number of halogens is 3. The van der Waals surface area contributed by atoms with Gasteiger partial charge in [0.25, 0.3) is 5.96 Å². The van der Waals surface area contributed by atoms with Gasteiger partial charge in [-0.25, -0.2) is 9.98 Å². The number of hydrogen-bond donors (Lipinski definition) is 0. The van der Waals surface area contributed by atoms with E-state index in [4.69, 9.17) is 0 Å². The van der Waals surface area contributed by atoms with Crippen LogP contribution in [0.25, 0.3) is 0 Å². The number of alkyl halides is 3. The molecule has 0 aliphatic heterocycles. The Bertz CT molecular complexity index is 511. The number of allylic oxidation sites excluding steroid dienone is 1. The van der Waals surface area contributed by atoms with E-state index in [0.29, 0.717) is 6.20 Å². The summed E-state index contributed by atoms with van der Waals surface area (Å²) in [6, 6.07) is 0. The van der Waals surface area contributed by atoms with Gasteiger partial charge >= 0.3 is 6.18 Å². The Labute approximate surface area is 108 Å². The van der Waals surface area contributed by atoms with E-state index in [0.717, 1.165) is 10.3 Å².